The molecule has 0 unspecified atom stereocenters. The zero-order valence-electron chi connectivity index (χ0n) is 20.7. The van der Waals surface area contributed by atoms with Gasteiger partial charge in [-0.15, -0.1) is 6.58 Å². The number of hydrogen-bond acceptors (Lipinski definition) is 4. The highest BCUT2D eigenvalue weighted by Crippen LogP contribution is 2.24. The van der Waals surface area contributed by atoms with Gasteiger partial charge in [0, 0.05) is 5.69 Å². The molecule has 1 aromatic carbocycles. The molecular weight excluding hydrogens is 409 g/mol. The van der Waals surface area contributed by atoms with E-state index in [1.54, 1.807) is 21.3 Å². The molecule has 5 heteroatoms. The first-order valence-corrected chi connectivity index (χ1v) is 11.5. The highest BCUT2D eigenvalue weighted by molar-refractivity contribution is 6.47. The van der Waals surface area contributed by atoms with Gasteiger partial charge in [-0.05, 0) is 76.5 Å². The zero-order chi connectivity index (χ0) is 24.3. The number of ether oxygens (including phenoxy) is 1. The predicted molar refractivity (Wildman–Crippen MR) is 138 cm³/mol. The van der Waals surface area contributed by atoms with Crippen molar-refractivity contribution in [3.8, 4) is 5.88 Å². The zero-order valence-corrected chi connectivity index (χ0v) is 20.7. The van der Waals surface area contributed by atoms with E-state index in [1.807, 2.05) is 57.2 Å². The van der Waals surface area contributed by atoms with Crippen LogP contribution in [0.2, 0.25) is 0 Å². The third kappa shape index (κ3) is 9.03. The minimum atomic E-state index is -0.948. The fourth-order valence-electron chi connectivity index (χ4n) is 2.83. The summed E-state index contributed by atoms with van der Waals surface area (Å²) >= 11 is 0. The summed E-state index contributed by atoms with van der Waals surface area (Å²) in [5, 5.41) is 10.1. The van der Waals surface area contributed by atoms with Crippen LogP contribution in [0.25, 0.3) is 0 Å². The summed E-state index contributed by atoms with van der Waals surface area (Å²) in [7, 11) is 1.65. The maximum Gasteiger partial charge on any atom is 0.332 e. The summed E-state index contributed by atoms with van der Waals surface area (Å²) in [6, 6.07) is 14.1. The third-order valence-corrected chi connectivity index (χ3v) is 5.78. The van der Waals surface area contributed by atoms with E-state index in [2.05, 4.69) is 41.9 Å². The first-order chi connectivity index (χ1) is 15.6. The number of nitrogens with zero attached hydrogens (tertiary/aromatic N) is 1. The number of pyridine rings is 1. The fourth-order valence-corrected chi connectivity index (χ4v) is 2.83. The Morgan fingerprint density at radius 1 is 1.12 bits per heavy atom. The van der Waals surface area contributed by atoms with Crippen LogP contribution in [0.15, 0.2) is 78.9 Å². The van der Waals surface area contributed by atoms with Crippen LogP contribution in [0.5, 0.6) is 5.88 Å². The number of aromatic nitrogens is 1. The number of benzene rings is 1. The van der Waals surface area contributed by atoms with Crippen molar-refractivity contribution in [1.82, 2.24) is 4.98 Å². The smallest absolute Gasteiger partial charge is 0.332 e. The lowest BCUT2D eigenvalue weighted by atomic mass is 9.82. The van der Waals surface area contributed by atoms with E-state index >= 15 is 0 Å². The quantitative estimate of drug-likeness (QED) is 0.421. The molecule has 1 heterocycles. The number of hydrogen-bond donors (Lipinski definition) is 1. The normalized spacial score (nSPS) is 13.5. The number of aryl methyl sites for hydroxylation is 1. The van der Waals surface area contributed by atoms with Gasteiger partial charge in [0.15, 0.2) is 0 Å². The van der Waals surface area contributed by atoms with E-state index in [4.69, 9.17) is 9.39 Å². The summed E-state index contributed by atoms with van der Waals surface area (Å²) < 4.78 is 11.6. The first kappa shape index (κ1) is 26.6. The lowest BCUT2D eigenvalue weighted by Crippen LogP contribution is -2.49. The van der Waals surface area contributed by atoms with Crippen molar-refractivity contribution in [2.24, 2.45) is 0 Å². The van der Waals surface area contributed by atoms with Gasteiger partial charge < -0.3 is 14.5 Å². The number of allylic oxidation sites excluding steroid dienone is 4. The summed E-state index contributed by atoms with van der Waals surface area (Å²) in [6.07, 6.45) is 11.3. The van der Waals surface area contributed by atoms with Crippen molar-refractivity contribution in [2.45, 2.75) is 65.1 Å². The van der Waals surface area contributed by atoms with Gasteiger partial charge in [-0.3, -0.25) is 0 Å². The van der Waals surface area contributed by atoms with E-state index in [0.717, 1.165) is 30.4 Å². The van der Waals surface area contributed by atoms with Crippen molar-refractivity contribution in [3.05, 3.63) is 90.2 Å². The standard InChI is InChI=1S/C19H27BNO3.C9H10/c1-14-16(20-24-19(4,5)18(2,3)22)11-12-17(21-14)23-13-15-9-7-6-8-10-15;1-2-6-9-7-4-3-5-8-9/h6-7,9,11-12,22H,8,10,13H2,1-5H3;2-5,7-8H,1,6H2. The van der Waals surface area contributed by atoms with Crippen LogP contribution >= 0.6 is 0 Å². The third-order valence-electron chi connectivity index (χ3n) is 5.78. The number of rotatable bonds is 9. The lowest BCUT2D eigenvalue weighted by molar-refractivity contribution is -0.0893. The second-order valence-corrected chi connectivity index (χ2v) is 9.19. The van der Waals surface area contributed by atoms with Crippen LogP contribution in [0, 0.1) is 6.92 Å². The van der Waals surface area contributed by atoms with Crippen molar-refractivity contribution in [2.75, 3.05) is 6.61 Å². The lowest BCUT2D eigenvalue weighted by Gasteiger charge is -2.37. The summed E-state index contributed by atoms with van der Waals surface area (Å²) in [5.41, 5.74) is 2.66. The largest absolute Gasteiger partial charge is 0.473 e. The van der Waals surface area contributed by atoms with Gasteiger partial charge in [0.25, 0.3) is 0 Å². The molecule has 0 amide bonds. The molecule has 1 aromatic heterocycles. The van der Waals surface area contributed by atoms with Crippen LogP contribution in [-0.2, 0) is 11.1 Å². The van der Waals surface area contributed by atoms with Crippen LogP contribution < -0.4 is 10.2 Å². The maximum atomic E-state index is 10.1. The molecule has 2 aromatic rings. The van der Waals surface area contributed by atoms with E-state index < -0.39 is 11.2 Å². The summed E-state index contributed by atoms with van der Waals surface area (Å²) in [6.45, 7) is 13.3. The van der Waals surface area contributed by atoms with Crippen LogP contribution in [-0.4, -0.2) is 35.4 Å². The molecular formula is C28H37BNO3. The van der Waals surface area contributed by atoms with Crippen molar-refractivity contribution in [1.29, 1.82) is 0 Å². The van der Waals surface area contributed by atoms with E-state index in [-0.39, 0.29) is 0 Å². The van der Waals surface area contributed by atoms with Crippen molar-refractivity contribution < 1.29 is 14.5 Å². The van der Waals surface area contributed by atoms with E-state index in [1.165, 1.54) is 11.1 Å². The Morgan fingerprint density at radius 2 is 1.85 bits per heavy atom. The van der Waals surface area contributed by atoms with Gasteiger partial charge in [-0.1, -0.05) is 60.7 Å². The van der Waals surface area contributed by atoms with Gasteiger partial charge >= 0.3 is 7.48 Å². The fraction of sp³-hybridized carbons (Fsp3) is 0.393. The average Bonchev–Trinajstić information content (AvgIpc) is 2.78. The van der Waals surface area contributed by atoms with Crippen LogP contribution in [0.4, 0.5) is 0 Å². The molecule has 33 heavy (non-hydrogen) atoms. The van der Waals surface area contributed by atoms with Gasteiger partial charge in [-0.2, -0.15) is 0 Å². The molecule has 0 aliphatic heterocycles. The molecule has 0 atom stereocenters. The summed E-state index contributed by atoms with van der Waals surface area (Å²) in [4.78, 5) is 4.48. The van der Waals surface area contributed by atoms with Crippen molar-refractivity contribution in [3.63, 3.8) is 0 Å². The monoisotopic (exact) mass is 446 g/mol. The molecule has 3 rings (SSSR count). The molecule has 1 radical (unpaired) electrons. The number of aliphatic hydroxyl groups is 1. The average molecular weight is 446 g/mol. The Bertz CT molecular complexity index is 943. The maximum absolute atomic E-state index is 10.1. The van der Waals surface area contributed by atoms with Gasteiger partial charge in [-0.25, -0.2) is 4.98 Å². The molecule has 0 saturated heterocycles. The highest BCUT2D eigenvalue weighted by Gasteiger charge is 2.35. The predicted octanol–water partition coefficient (Wildman–Crippen LogP) is 5.27. The molecule has 1 aliphatic carbocycles. The Labute approximate surface area is 200 Å². The van der Waals surface area contributed by atoms with Crippen molar-refractivity contribution >= 4 is 12.9 Å². The SMILES string of the molecule is C=CCc1ccccc1.Cc1nc(OCC2=CC=CCC2)ccc1[B]OC(C)(C)C(C)(C)O. The molecule has 0 spiro atoms. The van der Waals surface area contributed by atoms with Gasteiger partial charge in [0.1, 0.15) is 6.61 Å². The van der Waals surface area contributed by atoms with E-state index in [0.29, 0.717) is 12.5 Å². The minimum absolute atomic E-state index is 0.572. The van der Waals surface area contributed by atoms with E-state index in [9.17, 15) is 5.11 Å². The molecule has 0 fully saturated rings. The molecule has 4 nitrogen and oxygen atoms in total. The van der Waals surface area contributed by atoms with Crippen LogP contribution in [0.3, 0.4) is 0 Å². The van der Waals surface area contributed by atoms with Gasteiger partial charge in [0.05, 0.1) is 11.2 Å². The Hall–Kier alpha value is -2.63. The minimum Gasteiger partial charge on any atom is -0.473 e. The second-order valence-electron chi connectivity index (χ2n) is 9.19. The van der Waals surface area contributed by atoms with Crippen LogP contribution in [0.1, 0.15) is 51.8 Å². The molecule has 0 saturated carbocycles. The second kappa shape index (κ2) is 12.6. The Balaban J connectivity index is 0.000000357. The Morgan fingerprint density at radius 3 is 2.42 bits per heavy atom. The Kier molecular flexibility index (Phi) is 10.1. The molecule has 1 aliphatic rings. The molecule has 1 N–H and O–H groups in total. The molecule has 175 valence electrons. The van der Waals surface area contributed by atoms with Gasteiger partial charge in [0.2, 0.25) is 5.88 Å². The topological polar surface area (TPSA) is 51.6 Å². The highest BCUT2D eigenvalue weighted by atomic mass is 16.5. The summed E-state index contributed by atoms with van der Waals surface area (Å²) in [5.74, 6) is 0.613. The molecule has 0 bridgehead atoms. The first-order valence-electron chi connectivity index (χ1n) is 11.5.